The van der Waals surface area contributed by atoms with Crippen molar-refractivity contribution >= 4 is 52.8 Å². The summed E-state index contributed by atoms with van der Waals surface area (Å²) in [4.78, 5) is 38.8. The molecule has 1 fully saturated rings. The molecule has 12 heteroatoms. The summed E-state index contributed by atoms with van der Waals surface area (Å²) in [6.45, 7) is 1.74. The predicted octanol–water partition coefficient (Wildman–Crippen LogP) is 2.71. The van der Waals surface area contributed by atoms with Crippen LogP contribution in [0.4, 0.5) is 16.6 Å². The van der Waals surface area contributed by atoms with E-state index in [-0.39, 0.29) is 11.8 Å². The normalized spacial score (nSPS) is 14.6. The van der Waals surface area contributed by atoms with Crippen molar-refractivity contribution in [1.29, 1.82) is 0 Å². The molecule has 4 amide bonds. The van der Waals surface area contributed by atoms with Gasteiger partial charge in [-0.2, -0.15) is 4.98 Å². The second-order valence-electron chi connectivity index (χ2n) is 6.87. The van der Waals surface area contributed by atoms with Gasteiger partial charge in [0.15, 0.2) is 11.2 Å². The van der Waals surface area contributed by atoms with Crippen molar-refractivity contribution in [3.8, 4) is 11.3 Å². The van der Waals surface area contributed by atoms with E-state index in [9.17, 15) is 14.4 Å². The minimum atomic E-state index is -1.31. The molecule has 1 aliphatic rings. The van der Waals surface area contributed by atoms with Gasteiger partial charge in [0.05, 0.1) is 10.0 Å². The number of hydrogen-bond donors (Lipinski definition) is 4. The van der Waals surface area contributed by atoms with Crippen molar-refractivity contribution in [3.05, 3.63) is 64.1 Å². The van der Waals surface area contributed by atoms with E-state index >= 15 is 0 Å². The molecule has 6 N–H and O–H groups in total. The van der Waals surface area contributed by atoms with Crippen molar-refractivity contribution in [3.63, 3.8) is 0 Å². The summed E-state index contributed by atoms with van der Waals surface area (Å²) >= 11 is 11.9. The summed E-state index contributed by atoms with van der Waals surface area (Å²) in [5.74, 6) is -0.962. The quantitative estimate of drug-likeness (QED) is 0.409. The Morgan fingerprint density at radius 2 is 1.55 bits per heavy atom. The largest absolute Gasteiger partial charge is 0.382 e. The highest BCUT2D eigenvalue weighted by Gasteiger charge is 2.50. The summed E-state index contributed by atoms with van der Waals surface area (Å²) < 4.78 is 0. The molecule has 1 aliphatic heterocycles. The standard InChI is InChI=1S/C12H12N2O3.C9H7Cl2N5/c1-2-12(8-6-4-3-5-7-8)9(15)13-11(17)14-10(12)16;10-5-3-1-2-4(6(5)11)7-8(12)14-9(13)16-15-7/h3-7H,2H2,1H3,(H2,13,14,15,16,17);1-3H,(H4,12,13,14,16). The molecule has 0 unspecified atom stereocenters. The van der Waals surface area contributed by atoms with Gasteiger partial charge in [0.1, 0.15) is 5.69 Å². The van der Waals surface area contributed by atoms with Gasteiger partial charge < -0.3 is 11.5 Å². The number of nitrogens with one attached hydrogen (secondary N) is 2. The lowest BCUT2D eigenvalue weighted by Gasteiger charge is -2.33. The number of nitrogens with two attached hydrogens (primary N) is 2. The number of carbonyl (C=O) groups is 3. The number of halogens is 2. The molecular weight excluding hydrogens is 469 g/mol. The third-order valence-corrected chi connectivity index (χ3v) is 5.78. The first-order valence-electron chi connectivity index (χ1n) is 9.63. The Labute approximate surface area is 198 Å². The van der Waals surface area contributed by atoms with Crippen LogP contribution in [0.25, 0.3) is 11.3 Å². The van der Waals surface area contributed by atoms with Gasteiger partial charge in [-0.3, -0.25) is 20.2 Å². The Hall–Kier alpha value is -3.76. The summed E-state index contributed by atoms with van der Waals surface area (Å²) in [6.07, 6.45) is 0.294. The highest BCUT2D eigenvalue weighted by Crippen LogP contribution is 2.34. The number of barbiturate groups is 1. The van der Waals surface area contributed by atoms with Crippen LogP contribution in [0.1, 0.15) is 18.9 Å². The number of urea groups is 1. The summed E-state index contributed by atoms with van der Waals surface area (Å²) in [5, 5.41) is 12.5. The molecule has 170 valence electrons. The van der Waals surface area contributed by atoms with Crippen LogP contribution in [-0.2, 0) is 15.0 Å². The first-order valence-corrected chi connectivity index (χ1v) is 10.4. The van der Waals surface area contributed by atoms with E-state index in [2.05, 4.69) is 25.8 Å². The fourth-order valence-electron chi connectivity index (χ4n) is 3.29. The number of anilines is 2. The fraction of sp³-hybridized carbons (Fsp3) is 0.143. The van der Waals surface area contributed by atoms with Crippen LogP contribution in [0.2, 0.25) is 10.0 Å². The first kappa shape index (κ1) is 23.9. The van der Waals surface area contributed by atoms with Crippen LogP contribution in [0.15, 0.2) is 48.5 Å². The van der Waals surface area contributed by atoms with Crippen molar-refractivity contribution in [2.24, 2.45) is 0 Å². The van der Waals surface area contributed by atoms with Crippen LogP contribution in [-0.4, -0.2) is 33.0 Å². The summed E-state index contributed by atoms with van der Waals surface area (Å²) in [6, 6.07) is 13.1. The second kappa shape index (κ2) is 9.80. The molecule has 10 nitrogen and oxygen atoms in total. The lowest BCUT2D eigenvalue weighted by molar-refractivity contribution is -0.138. The first-order chi connectivity index (χ1) is 15.7. The summed E-state index contributed by atoms with van der Waals surface area (Å²) in [5.41, 5.74) is 11.2. The number of hydrogen-bond acceptors (Lipinski definition) is 8. The third kappa shape index (κ3) is 4.71. The van der Waals surface area contributed by atoms with Crippen LogP contribution < -0.4 is 22.1 Å². The molecule has 3 aromatic rings. The zero-order valence-electron chi connectivity index (χ0n) is 17.3. The number of amides is 4. The molecule has 0 bridgehead atoms. The zero-order valence-corrected chi connectivity index (χ0v) is 18.8. The molecule has 1 aromatic heterocycles. The van der Waals surface area contributed by atoms with Crippen LogP contribution >= 0.6 is 23.2 Å². The van der Waals surface area contributed by atoms with E-state index in [1.165, 1.54) is 0 Å². The van der Waals surface area contributed by atoms with E-state index < -0.39 is 23.3 Å². The number of benzene rings is 2. The van der Waals surface area contributed by atoms with Gasteiger partial charge in [0.25, 0.3) is 0 Å². The van der Waals surface area contributed by atoms with Gasteiger partial charge in [-0.25, -0.2) is 4.79 Å². The molecule has 4 rings (SSSR count). The van der Waals surface area contributed by atoms with Crippen molar-refractivity contribution < 1.29 is 14.4 Å². The number of nitrogens with zero attached hydrogens (tertiary/aromatic N) is 3. The van der Waals surface area contributed by atoms with Crippen molar-refractivity contribution in [2.45, 2.75) is 18.8 Å². The maximum absolute atomic E-state index is 12.0. The Kier molecular flexibility index (Phi) is 7.10. The van der Waals surface area contributed by atoms with Gasteiger partial charge >= 0.3 is 6.03 Å². The Balaban J connectivity index is 0.000000186. The second-order valence-corrected chi connectivity index (χ2v) is 7.65. The Morgan fingerprint density at radius 3 is 2.12 bits per heavy atom. The highest BCUT2D eigenvalue weighted by molar-refractivity contribution is 6.43. The van der Waals surface area contributed by atoms with E-state index in [0.29, 0.717) is 33.3 Å². The highest BCUT2D eigenvalue weighted by atomic mass is 35.5. The lowest BCUT2D eigenvalue weighted by atomic mass is 9.75. The molecule has 0 radical (unpaired) electrons. The van der Waals surface area contributed by atoms with E-state index in [0.717, 1.165) is 0 Å². The number of rotatable bonds is 3. The van der Waals surface area contributed by atoms with Crippen molar-refractivity contribution in [1.82, 2.24) is 25.8 Å². The molecule has 1 saturated heterocycles. The van der Waals surface area contributed by atoms with E-state index in [1.54, 1.807) is 55.5 Å². The van der Waals surface area contributed by atoms with Gasteiger partial charge in [-0.15, -0.1) is 10.2 Å². The monoisotopic (exact) mass is 487 g/mol. The molecule has 2 aromatic carbocycles. The van der Waals surface area contributed by atoms with Gasteiger partial charge in [0, 0.05) is 5.56 Å². The van der Waals surface area contributed by atoms with Crippen LogP contribution in [0.5, 0.6) is 0 Å². The van der Waals surface area contributed by atoms with Crippen LogP contribution in [0.3, 0.4) is 0 Å². The van der Waals surface area contributed by atoms with Crippen LogP contribution in [0, 0.1) is 0 Å². The molecule has 0 saturated carbocycles. The zero-order chi connectivity index (χ0) is 24.2. The SMILES string of the molecule is CCC1(c2ccccc2)C(=O)NC(=O)NC1=O.Nc1nnc(-c2cccc(Cl)c2Cl)c(N)n1. The maximum atomic E-state index is 12.0. The maximum Gasteiger partial charge on any atom is 0.328 e. The number of imide groups is 2. The van der Waals surface area contributed by atoms with Crippen molar-refractivity contribution in [2.75, 3.05) is 11.5 Å². The summed E-state index contributed by atoms with van der Waals surface area (Å²) in [7, 11) is 0. The number of nitrogen functional groups attached to an aromatic ring is 2. The molecule has 33 heavy (non-hydrogen) atoms. The molecule has 0 aliphatic carbocycles. The third-order valence-electron chi connectivity index (χ3n) is 4.96. The smallest absolute Gasteiger partial charge is 0.328 e. The van der Waals surface area contributed by atoms with Gasteiger partial charge in [-0.1, -0.05) is 72.6 Å². The topological polar surface area (TPSA) is 166 Å². The molecular formula is C21H19Cl2N7O3. The lowest BCUT2D eigenvalue weighted by Crippen LogP contribution is -2.64. The average Bonchev–Trinajstić information content (AvgIpc) is 2.77. The number of aromatic nitrogens is 3. The fourth-order valence-corrected chi connectivity index (χ4v) is 3.68. The minimum Gasteiger partial charge on any atom is -0.382 e. The number of carbonyl (C=O) groups excluding carboxylic acids is 3. The average molecular weight is 488 g/mol. The Bertz CT molecular complexity index is 1200. The molecule has 0 spiro atoms. The molecule has 0 atom stereocenters. The Morgan fingerprint density at radius 1 is 0.909 bits per heavy atom. The predicted molar refractivity (Wildman–Crippen MR) is 124 cm³/mol. The van der Waals surface area contributed by atoms with E-state index in [4.69, 9.17) is 34.7 Å². The van der Waals surface area contributed by atoms with E-state index in [1.807, 2.05) is 0 Å². The van der Waals surface area contributed by atoms with Gasteiger partial charge in [0.2, 0.25) is 17.8 Å². The molecule has 2 heterocycles. The van der Waals surface area contributed by atoms with Gasteiger partial charge in [-0.05, 0) is 18.1 Å². The minimum absolute atomic E-state index is 0.0133.